The van der Waals surface area contributed by atoms with Crippen LogP contribution in [0.5, 0.6) is 5.75 Å². The number of nitrogens with one attached hydrogen (secondary N) is 1. The number of amides is 2. The van der Waals surface area contributed by atoms with E-state index in [0.717, 1.165) is 23.4 Å². The molecule has 8 heteroatoms. The maximum absolute atomic E-state index is 12.8. The summed E-state index contributed by atoms with van der Waals surface area (Å²) >= 11 is 0. The van der Waals surface area contributed by atoms with Gasteiger partial charge in [0.1, 0.15) is 11.9 Å². The largest absolute Gasteiger partial charge is 0.495 e. The van der Waals surface area contributed by atoms with Crippen LogP contribution in [-0.2, 0) is 21.4 Å². The lowest BCUT2D eigenvalue weighted by Gasteiger charge is -2.21. The van der Waals surface area contributed by atoms with Crippen LogP contribution in [-0.4, -0.2) is 48.4 Å². The average Bonchev–Trinajstić information content (AvgIpc) is 3.45. The number of anilines is 1. The molecule has 4 rings (SSSR count). The zero-order valence-electron chi connectivity index (χ0n) is 17.6. The third-order valence-corrected chi connectivity index (χ3v) is 6.02. The number of carbonyl (C=O) groups is 2. The van der Waals surface area contributed by atoms with Crippen LogP contribution in [0.4, 0.5) is 5.69 Å². The smallest absolute Gasteiger partial charge is 0.227 e. The zero-order chi connectivity index (χ0) is 21.3. The molecule has 2 fully saturated rings. The Balaban J connectivity index is 1.39. The van der Waals surface area contributed by atoms with E-state index in [0.29, 0.717) is 25.4 Å². The van der Waals surface area contributed by atoms with Gasteiger partial charge in [0.25, 0.3) is 0 Å². The number of rotatable bonds is 6. The highest BCUT2D eigenvalue weighted by Crippen LogP contribution is 2.35. The molecule has 0 spiro atoms. The first kappa shape index (κ1) is 20.4. The molecule has 2 aliphatic rings. The SMILES string of the molecule is COc1ccc(C)cc1N1C[C@@H](C(=O)NC[C@@H]2CCO[C@H]2c2ccnn2C)CC1=O. The average molecular weight is 412 g/mol. The number of benzene rings is 1. The van der Waals surface area contributed by atoms with E-state index >= 15 is 0 Å². The molecule has 3 atom stereocenters. The lowest BCUT2D eigenvalue weighted by molar-refractivity contribution is -0.126. The summed E-state index contributed by atoms with van der Waals surface area (Å²) in [5, 5.41) is 7.27. The first-order valence-electron chi connectivity index (χ1n) is 10.3. The van der Waals surface area contributed by atoms with E-state index in [1.165, 1.54) is 0 Å². The van der Waals surface area contributed by atoms with Crippen molar-refractivity contribution in [2.24, 2.45) is 18.9 Å². The Hall–Kier alpha value is -2.87. The van der Waals surface area contributed by atoms with Gasteiger partial charge in [0.15, 0.2) is 0 Å². The molecule has 160 valence electrons. The van der Waals surface area contributed by atoms with Crippen LogP contribution in [0.3, 0.4) is 0 Å². The topological polar surface area (TPSA) is 85.7 Å². The van der Waals surface area contributed by atoms with Gasteiger partial charge in [0, 0.05) is 45.3 Å². The molecule has 0 bridgehead atoms. The van der Waals surface area contributed by atoms with Crippen LogP contribution in [0.15, 0.2) is 30.5 Å². The molecule has 2 aliphatic heterocycles. The van der Waals surface area contributed by atoms with Crippen LogP contribution < -0.4 is 15.0 Å². The molecular formula is C22H28N4O4. The maximum Gasteiger partial charge on any atom is 0.227 e. The molecule has 8 nitrogen and oxygen atoms in total. The second-order valence-electron chi connectivity index (χ2n) is 8.05. The minimum atomic E-state index is -0.375. The summed E-state index contributed by atoms with van der Waals surface area (Å²) < 4.78 is 13.1. The number of aromatic nitrogens is 2. The van der Waals surface area contributed by atoms with Crippen molar-refractivity contribution in [3.63, 3.8) is 0 Å². The maximum atomic E-state index is 12.8. The van der Waals surface area contributed by atoms with Crippen LogP contribution in [0.1, 0.15) is 30.2 Å². The highest BCUT2D eigenvalue weighted by atomic mass is 16.5. The normalized spacial score (nSPS) is 23.8. The standard InChI is InChI=1S/C22H28N4O4/c1-14-4-5-19(29-3)18(10-14)26-13-16(11-20(26)27)22(28)23-12-15-7-9-30-21(15)17-6-8-24-25(17)2/h4-6,8,10,15-16,21H,7,9,11-13H2,1-3H3,(H,23,28)/t15-,16-,21+/m0/s1. The molecule has 2 saturated heterocycles. The van der Waals surface area contributed by atoms with Gasteiger partial charge in [0.05, 0.1) is 24.4 Å². The molecule has 2 aromatic rings. The number of carbonyl (C=O) groups excluding carboxylic acids is 2. The quantitative estimate of drug-likeness (QED) is 0.784. The molecular weight excluding hydrogens is 384 g/mol. The third-order valence-electron chi connectivity index (χ3n) is 6.02. The van der Waals surface area contributed by atoms with E-state index in [1.54, 1.807) is 18.2 Å². The summed E-state index contributed by atoms with van der Waals surface area (Å²) in [5.41, 5.74) is 2.77. The number of ether oxygens (including phenoxy) is 2. The van der Waals surface area contributed by atoms with Crippen molar-refractivity contribution in [2.75, 3.05) is 31.7 Å². The Bertz CT molecular complexity index is 941. The summed E-state index contributed by atoms with van der Waals surface area (Å²) in [6.07, 6.45) is 2.77. The van der Waals surface area contributed by atoms with E-state index in [2.05, 4.69) is 10.4 Å². The summed E-state index contributed by atoms with van der Waals surface area (Å²) in [4.78, 5) is 27.1. The van der Waals surface area contributed by atoms with E-state index < -0.39 is 0 Å². The fourth-order valence-electron chi connectivity index (χ4n) is 4.34. The summed E-state index contributed by atoms with van der Waals surface area (Å²) in [6.45, 7) is 3.51. The monoisotopic (exact) mass is 412 g/mol. The van der Waals surface area contributed by atoms with Gasteiger partial charge in [-0.25, -0.2) is 0 Å². The van der Waals surface area contributed by atoms with Crippen LogP contribution in [0.2, 0.25) is 0 Å². The highest BCUT2D eigenvalue weighted by Gasteiger charge is 2.37. The predicted molar refractivity (Wildman–Crippen MR) is 111 cm³/mol. The molecule has 0 radical (unpaired) electrons. The molecule has 1 aromatic heterocycles. The minimum absolute atomic E-state index is 0.0592. The van der Waals surface area contributed by atoms with E-state index in [-0.39, 0.29) is 36.2 Å². The third kappa shape index (κ3) is 3.92. The first-order valence-corrected chi connectivity index (χ1v) is 10.3. The molecule has 0 saturated carbocycles. The van der Waals surface area contributed by atoms with Gasteiger partial charge in [-0.1, -0.05) is 6.07 Å². The number of methoxy groups -OCH3 is 1. The lowest BCUT2D eigenvalue weighted by atomic mass is 9.98. The van der Waals surface area contributed by atoms with Crippen molar-refractivity contribution in [1.82, 2.24) is 15.1 Å². The van der Waals surface area contributed by atoms with Crippen molar-refractivity contribution in [1.29, 1.82) is 0 Å². The van der Waals surface area contributed by atoms with Gasteiger partial charge in [0.2, 0.25) is 11.8 Å². The molecule has 0 aliphatic carbocycles. The van der Waals surface area contributed by atoms with Gasteiger partial charge in [-0.05, 0) is 37.1 Å². The molecule has 2 amide bonds. The van der Waals surface area contributed by atoms with Crippen LogP contribution in [0.25, 0.3) is 0 Å². The van der Waals surface area contributed by atoms with Crippen molar-refractivity contribution < 1.29 is 19.1 Å². The van der Waals surface area contributed by atoms with Crippen LogP contribution in [0, 0.1) is 18.8 Å². The van der Waals surface area contributed by atoms with E-state index in [1.807, 2.05) is 42.9 Å². The van der Waals surface area contributed by atoms with Crippen molar-refractivity contribution in [3.8, 4) is 5.75 Å². The Labute approximate surface area is 176 Å². The number of hydrogen-bond donors (Lipinski definition) is 1. The number of nitrogens with zero attached hydrogens (tertiary/aromatic N) is 3. The zero-order valence-corrected chi connectivity index (χ0v) is 17.6. The minimum Gasteiger partial charge on any atom is -0.495 e. The molecule has 30 heavy (non-hydrogen) atoms. The van der Waals surface area contributed by atoms with Gasteiger partial charge in [-0.3, -0.25) is 14.3 Å². The number of aryl methyl sites for hydroxylation is 2. The van der Waals surface area contributed by atoms with Crippen molar-refractivity contribution in [3.05, 3.63) is 41.7 Å². The van der Waals surface area contributed by atoms with Crippen LogP contribution >= 0.6 is 0 Å². The lowest BCUT2D eigenvalue weighted by Crippen LogP contribution is -2.36. The fourth-order valence-corrected chi connectivity index (χ4v) is 4.34. The van der Waals surface area contributed by atoms with Crippen molar-refractivity contribution >= 4 is 17.5 Å². The Morgan fingerprint density at radius 1 is 1.37 bits per heavy atom. The fraction of sp³-hybridized carbons (Fsp3) is 0.500. The van der Waals surface area contributed by atoms with E-state index in [4.69, 9.17) is 9.47 Å². The Morgan fingerprint density at radius 3 is 2.93 bits per heavy atom. The summed E-state index contributed by atoms with van der Waals surface area (Å²) in [5.74, 6) is 0.302. The Morgan fingerprint density at radius 2 is 2.20 bits per heavy atom. The van der Waals surface area contributed by atoms with Gasteiger partial charge < -0.3 is 19.7 Å². The van der Waals surface area contributed by atoms with Crippen molar-refractivity contribution in [2.45, 2.75) is 25.9 Å². The number of hydrogen-bond acceptors (Lipinski definition) is 5. The van der Waals surface area contributed by atoms with Gasteiger partial charge >= 0.3 is 0 Å². The first-order chi connectivity index (χ1) is 14.5. The molecule has 1 N–H and O–H groups in total. The molecule has 3 heterocycles. The second kappa shape index (κ2) is 8.47. The Kier molecular flexibility index (Phi) is 5.76. The highest BCUT2D eigenvalue weighted by molar-refractivity contribution is 6.01. The summed E-state index contributed by atoms with van der Waals surface area (Å²) in [7, 11) is 3.48. The molecule has 1 aromatic carbocycles. The van der Waals surface area contributed by atoms with Gasteiger partial charge in [-0.2, -0.15) is 5.10 Å². The van der Waals surface area contributed by atoms with E-state index in [9.17, 15) is 9.59 Å². The second-order valence-corrected chi connectivity index (χ2v) is 8.05. The predicted octanol–water partition coefficient (Wildman–Crippen LogP) is 1.98. The summed E-state index contributed by atoms with van der Waals surface area (Å²) in [6, 6.07) is 7.67. The molecule has 0 unspecified atom stereocenters. The van der Waals surface area contributed by atoms with Gasteiger partial charge in [-0.15, -0.1) is 0 Å².